The molecule has 2 nitrogen and oxygen atoms in total. The van der Waals surface area contributed by atoms with Gasteiger partial charge in [-0.3, -0.25) is 0 Å². The van der Waals surface area contributed by atoms with E-state index in [2.05, 4.69) is 18.0 Å². The van der Waals surface area contributed by atoms with E-state index in [0.717, 1.165) is 18.0 Å². The van der Waals surface area contributed by atoms with E-state index in [0.29, 0.717) is 0 Å². The minimum atomic E-state index is 0.194. The molecule has 2 heteroatoms. The highest BCUT2D eigenvalue weighted by atomic mass is 16.5. The second kappa shape index (κ2) is 4.26. The summed E-state index contributed by atoms with van der Waals surface area (Å²) in [4.78, 5) is 4.30. The van der Waals surface area contributed by atoms with E-state index in [-0.39, 0.29) is 6.10 Å². The van der Waals surface area contributed by atoms with Crippen LogP contribution in [0.25, 0.3) is 0 Å². The maximum absolute atomic E-state index is 5.53. The fraction of sp³-hybridized carbons (Fsp3) is 0.545. The van der Waals surface area contributed by atoms with Crippen molar-refractivity contribution < 1.29 is 4.74 Å². The first-order valence-corrected chi connectivity index (χ1v) is 4.76. The summed E-state index contributed by atoms with van der Waals surface area (Å²) in [5.74, 6) is 0.742. The molecule has 0 aliphatic heterocycles. The Labute approximate surface area is 80.0 Å². The van der Waals surface area contributed by atoms with Gasteiger partial charge >= 0.3 is 0 Å². The number of pyridine rings is 1. The SMILES string of the molecule is CCc1cc(C)nc(OC(C)C)c1. The molecule has 0 amide bonds. The first-order chi connectivity index (χ1) is 6.11. The molecule has 0 radical (unpaired) electrons. The predicted octanol–water partition coefficient (Wildman–Crippen LogP) is 2.74. The Morgan fingerprint density at radius 2 is 2.08 bits per heavy atom. The van der Waals surface area contributed by atoms with Crippen LogP contribution in [0.2, 0.25) is 0 Å². The van der Waals surface area contributed by atoms with E-state index in [1.165, 1.54) is 5.56 Å². The van der Waals surface area contributed by atoms with Gasteiger partial charge in [-0.25, -0.2) is 4.98 Å². The lowest BCUT2D eigenvalue weighted by molar-refractivity contribution is 0.232. The summed E-state index contributed by atoms with van der Waals surface area (Å²) in [5.41, 5.74) is 2.30. The van der Waals surface area contributed by atoms with E-state index in [1.807, 2.05) is 26.8 Å². The zero-order valence-electron chi connectivity index (χ0n) is 8.79. The molecule has 0 atom stereocenters. The Morgan fingerprint density at radius 3 is 2.62 bits per heavy atom. The summed E-state index contributed by atoms with van der Waals surface area (Å²) in [7, 11) is 0. The lowest BCUT2D eigenvalue weighted by Crippen LogP contribution is -2.07. The van der Waals surface area contributed by atoms with Gasteiger partial charge < -0.3 is 4.74 Å². The van der Waals surface area contributed by atoms with Gasteiger partial charge in [-0.2, -0.15) is 0 Å². The minimum absolute atomic E-state index is 0.194. The number of aryl methyl sites for hydroxylation is 2. The Balaban J connectivity index is 2.88. The van der Waals surface area contributed by atoms with Crippen LogP contribution in [0.3, 0.4) is 0 Å². The van der Waals surface area contributed by atoms with Crippen LogP contribution in [0.1, 0.15) is 32.0 Å². The highest BCUT2D eigenvalue weighted by molar-refractivity contribution is 5.24. The van der Waals surface area contributed by atoms with Crippen molar-refractivity contribution in [1.82, 2.24) is 4.98 Å². The molecule has 13 heavy (non-hydrogen) atoms. The van der Waals surface area contributed by atoms with E-state index in [4.69, 9.17) is 4.74 Å². The molecule has 1 aromatic rings. The molecule has 1 rings (SSSR count). The Bertz CT molecular complexity index is 281. The number of nitrogens with zero attached hydrogens (tertiary/aromatic N) is 1. The normalized spacial score (nSPS) is 10.5. The second-order valence-electron chi connectivity index (χ2n) is 3.48. The molecule has 0 unspecified atom stereocenters. The van der Waals surface area contributed by atoms with Gasteiger partial charge in [-0.05, 0) is 38.8 Å². The zero-order valence-corrected chi connectivity index (χ0v) is 8.79. The van der Waals surface area contributed by atoms with Crippen LogP contribution in [-0.4, -0.2) is 11.1 Å². The number of ether oxygens (including phenoxy) is 1. The number of hydrogen-bond donors (Lipinski definition) is 0. The number of rotatable bonds is 3. The molecule has 0 bridgehead atoms. The fourth-order valence-corrected chi connectivity index (χ4v) is 1.21. The smallest absolute Gasteiger partial charge is 0.213 e. The molecule has 0 spiro atoms. The lowest BCUT2D eigenvalue weighted by atomic mass is 10.2. The van der Waals surface area contributed by atoms with Crippen LogP contribution < -0.4 is 4.74 Å². The summed E-state index contributed by atoms with van der Waals surface area (Å²) in [6, 6.07) is 4.10. The van der Waals surface area contributed by atoms with Crippen molar-refractivity contribution in [3.05, 3.63) is 23.4 Å². The van der Waals surface area contributed by atoms with E-state index in [1.54, 1.807) is 0 Å². The molecule has 72 valence electrons. The fourth-order valence-electron chi connectivity index (χ4n) is 1.21. The minimum Gasteiger partial charge on any atom is -0.475 e. The lowest BCUT2D eigenvalue weighted by Gasteiger charge is -2.10. The highest BCUT2D eigenvalue weighted by Crippen LogP contribution is 2.13. The average molecular weight is 179 g/mol. The quantitative estimate of drug-likeness (QED) is 0.711. The molecular formula is C11H17NO. The third-order valence-corrected chi connectivity index (χ3v) is 1.75. The van der Waals surface area contributed by atoms with Gasteiger partial charge in [0.15, 0.2) is 0 Å². The standard InChI is InChI=1S/C11H17NO/c1-5-10-6-9(4)12-11(7-10)13-8(2)3/h6-8H,5H2,1-4H3. The van der Waals surface area contributed by atoms with E-state index in [9.17, 15) is 0 Å². The van der Waals surface area contributed by atoms with Crippen LogP contribution in [0.15, 0.2) is 12.1 Å². The molecule has 1 aromatic heterocycles. The van der Waals surface area contributed by atoms with Crippen molar-refractivity contribution in [3.63, 3.8) is 0 Å². The number of hydrogen-bond acceptors (Lipinski definition) is 2. The van der Waals surface area contributed by atoms with Crippen molar-refractivity contribution in [2.24, 2.45) is 0 Å². The van der Waals surface area contributed by atoms with E-state index < -0.39 is 0 Å². The maximum Gasteiger partial charge on any atom is 0.213 e. The van der Waals surface area contributed by atoms with Gasteiger partial charge in [0.25, 0.3) is 0 Å². The molecule has 0 fully saturated rings. The Morgan fingerprint density at radius 1 is 1.38 bits per heavy atom. The average Bonchev–Trinajstić information content (AvgIpc) is 2.01. The molecule has 0 N–H and O–H groups in total. The zero-order chi connectivity index (χ0) is 9.84. The largest absolute Gasteiger partial charge is 0.475 e. The second-order valence-corrected chi connectivity index (χ2v) is 3.48. The molecule has 0 saturated carbocycles. The van der Waals surface area contributed by atoms with Gasteiger partial charge in [-0.1, -0.05) is 6.92 Å². The van der Waals surface area contributed by atoms with Crippen LogP contribution >= 0.6 is 0 Å². The molecule has 0 saturated heterocycles. The van der Waals surface area contributed by atoms with Crippen molar-refractivity contribution >= 4 is 0 Å². The van der Waals surface area contributed by atoms with Crippen molar-refractivity contribution in [1.29, 1.82) is 0 Å². The maximum atomic E-state index is 5.53. The van der Waals surface area contributed by atoms with Crippen LogP contribution in [0.4, 0.5) is 0 Å². The summed E-state index contributed by atoms with van der Waals surface area (Å²) in [6.45, 7) is 8.14. The van der Waals surface area contributed by atoms with Gasteiger partial charge in [0.05, 0.1) is 6.10 Å². The molecular weight excluding hydrogens is 162 g/mol. The Kier molecular flexibility index (Phi) is 3.29. The highest BCUT2D eigenvalue weighted by Gasteiger charge is 2.01. The predicted molar refractivity (Wildman–Crippen MR) is 54.1 cm³/mol. The van der Waals surface area contributed by atoms with Gasteiger partial charge in [0, 0.05) is 11.8 Å². The third kappa shape index (κ3) is 3.05. The van der Waals surface area contributed by atoms with Gasteiger partial charge in [0.1, 0.15) is 0 Å². The van der Waals surface area contributed by atoms with Gasteiger partial charge in [-0.15, -0.1) is 0 Å². The summed E-state index contributed by atoms with van der Waals surface area (Å²) >= 11 is 0. The topological polar surface area (TPSA) is 22.1 Å². The first-order valence-electron chi connectivity index (χ1n) is 4.76. The van der Waals surface area contributed by atoms with Crippen molar-refractivity contribution in [2.75, 3.05) is 0 Å². The Hall–Kier alpha value is -1.05. The summed E-state index contributed by atoms with van der Waals surface area (Å²) in [6.07, 6.45) is 1.22. The molecule has 0 aliphatic rings. The van der Waals surface area contributed by atoms with Gasteiger partial charge in [0.2, 0.25) is 5.88 Å². The van der Waals surface area contributed by atoms with Crippen LogP contribution in [0, 0.1) is 6.92 Å². The molecule has 0 aliphatic carbocycles. The van der Waals surface area contributed by atoms with Crippen LogP contribution in [0.5, 0.6) is 5.88 Å². The first kappa shape index (κ1) is 10.0. The van der Waals surface area contributed by atoms with E-state index >= 15 is 0 Å². The van der Waals surface area contributed by atoms with Crippen molar-refractivity contribution in [3.8, 4) is 5.88 Å². The third-order valence-electron chi connectivity index (χ3n) is 1.75. The number of aromatic nitrogens is 1. The molecule has 1 heterocycles. The monoisotopic (exact) mass is 179 g/mol. The summed E-state index contributed by atoms with van der Waals surface area (Å²) < 4.78 is 5.53. The van der Waals surface area contributed by atoms with Crippen LogP contribution in [-0.2, 0) is 6.42 Å². The summed E-state index contributed by atoms with van der Waals surface area (Å²) in [5, 5.41) is 0. The molecule has 0 aromatic carbocycles. The van der Waals surface area contributed by atoms with Crippen molar-refractivity contribution in [2.45, 2.75) is 40.2 Å².